The lowest BCUT2D eigenvalue weighted by Crippen LogP contribution is -2.21. The summed E-state index contributed by atoms with van der Waals surface area (Å²) in [5.74, 6) is 1.60. The minimum Gasteiger partial charge on any atom is -0.491 e. The van der Waals surface area contributed by atoms with Gasteiger partial charge in [-0.25, -0.2) is 0 Å². The van der Waals surface area contributed by atoms with E-state index in [1.807, 2.05) is 62.4 Å². The highest BCUT2D eigenvalue weighted by Gasteiger charge is 2.08. The van der Waals surface area contributed by atoms with Crippen molar-refractivity contribution in [3.05, 3.63) is 60.1 Å². The average molecular weight is 301 g/mol. The zero-order chi connectivity index (χ0) is 15.8. The van der Waals surface area contributed by atoms with Crippen molar-refractivity contribution in [1.82, 2.24) is 5.32 Å². The molecule has 1 unspecified atom stereocenters. The third kappa shape index (κ3) is 5.39. The van der Waals surface area contributed by atoms with Crippen LogP contribution < -0.4 is 10.1 Å². The zero-order valence-electron chi connectivity index (χ0n) is 13.0. The third-order valence-corrected chi connectivity index (χ3v) is 3.04. The smallest absolute Gasteiger partial charge is 0.126 e. The van der Waals surface area contributed by atoms with Gasteiger partial charge in [0.1, 0.15) is 11.5 Å². The highest BCUT2D eigenvalue weighted by Crippen LogP contribution is 2.19. The van der Waals surface area contributed by atoms with Crippen molar-refractivity contribution in [3.63, 3.8) is 0 Å². The van der Waals surface area contributed by atoms with E-state index in [1.54, 1.807) is 6.26 Å². The van der Waals surface area contributed by atoms with E-state index >= 15 is 0 Å². The molecule has 0 spiro atoms. The normalized spacial score (nSPS) is 12.9. The maximum Gasteiger partial charge on any atom is 0.126 e. The second-order valence-corrected chi connectivity index (χ2v) is 5.33. The van der Waals surface area contributed by atoms with Crippen molar-refractivity contribution in [2.24, 2.45) is 0 Å². The van der Waals surface area contributed by atoms with Crippen LogP contribution in [0.4, 0.5) is 0 Å². The Labute approximate surface area is 131 Å². The van der Waals surface area contributed by atoms with E-state index in [9.17, 15) is 5.11 Å². The van der Waals surface area contributed by atoms with Gasteiger partial charge in [-0.3, -0.25) is 0 Å². The first-order chi connectivity index (χ1) is 10.6. The maximum atomic E-state index is 10.2. The predicted molar refractivity (Wildman–Crippen MR) is 87.8 cm³/mol. The first kappa shape index (κ1) is 16.3. The van der Waals surface area contributed by atoms with Gasteiger partial charge in [-0.2, -0.15) is 0 Å². The summed E-state index contributed by atoms with van der Waals surface area (Å²) in [6.07, 6.45) is 5.06. The highest BCUT2D eigenvalue weighted by atomic mass is 16.5. The van der Waals surface area contributed by atoms with E-state index in [4.69, 9.17) is 9.15 Å². The monoisotopic (exact) mass is 301 g/mol. The number of nitrogens with one attached hydrogen (secondary N) is 1. The summed E-state index contributed by atoms with van der Waals surface area (Å²) in [7, 11) is 0. The van der Waals surface area contributed by atoms with Crippen LogP contribution in [0.5, 0.6) is 5.75 Å². The molecule has 0 fully saturated rings. The SMILES string of the molecule is CC(C)Oc1cccc(C(O)CNC/C=C/c2ccco2)c1. The first-order valence-electron chi connectivity index (χ1n) is 7.50. The molecule has 1 heterocycles. The second kappa shape index (κ2) is 8.41. The van der Waals surface area contributed by atoms with E-state index in [1.165, 1.54) is 0 Å². The molecule has 0 aliphatic rings. The van der Waals surface area contributed by atoms with E-state index in [2.05, 4.69) is 5.32 Å². The Morgan fingerprint density at radius 1 is 1.27 bits per heavy atom. The average Bonchev–Trinajstić information content (AvgIpc) is 2.99. The van der Waals surface area contributed by atoms with E-state index in [-0.39, 0.29) is 6.10 Å². The van der Waals surface area contributed by atoms with Crippen LogP contribution in [0.15, 0.2) is 53.2 Å². The van der Waals surface area contributed by atoms with Crippen molar-refractivity contribution in [1.29, 1.82) is 0 Å². The molecule has 0 aliphatic carbocycles. The van der Waals surface area contributed by atoms with Gasteiger partial charge in [0.25, 0.3) is 0 Å². The summed E-state index contributed by atoms with van der Waals surface area (Å²) in [5, 5.41) is 13.4. The molecule has 0 bridgehead atoms. The highest BCUT2D eigenvalue weighted by molar-refractivity contribution is 5.42. The number of hydrogen-bond acceptors (Lipinski definition) is 4. The lowest BCUT2D eigenvalue weighted by molar-refractivity contribution is 0.175. The largest absolute Gasteiger partial charge is 0.491 e. The van der Waals surface area contributed by atoms with Gasteiger partial charge in [-0.05, 0) is 49.8 Å². The first-order valence-corrected chi connectivity index (χ1v) is 7.50. The van der Waals surface area contributed by atoms with Gasteiger partial charge in [0, 0.05) is 13.1 Å². The molecular formula is C18H23NO3. The Bertz CT molecular complexity index is 576. The molecule has 22 heavy (non-hydrogen) atoms. The van der Waals surface area contributed by atoms with Crippen molar-refractivity contribution >= 4 is 6.08 Å². The van der Waals surface area contributed by atoms with Crippen LogP contribution in [0, 0.1) is 0 Å². The van der Waals surface area contributed by atoms with Gasteiger partial charge >= 0.3 is 0 Å². The molecule has 1 aromatic heterocycles. The molecule has 0 amide bonds. The lowest BCUT2D eigenvalue weighted by atomic mass is 10.1. The molecule has 4 heteroatoms. The molecule has 0 radical (unpaired) electrons. The standard InChI is InChI=1S/C18H23NO3/c1-14(2)22-17-7-3-6-15(12-17)18(20)13-19-10-4-8-16-9-5-11-21-16/h3-9,11-12,14,18-20H,10,13H2,1-2H3/b8-4+. The Kier molecular flexibility index (Phi) is 6.25. The molecule has 4 nitrogen and oxygen atoms in total. The molecule has 2 rings (SSSR count). The number of benzene rings is 1. The van der Waals surface area contributed by atoms with Gasteiger partial charge in [0.15, 0.2) is 0 Å². The number of aliphatic hydroxyl groups is 1. The Balaban J connectivity index is 1.78. The van der Waals surface area contributed by atoms with Crippen molar-refractivity contribution in [2.75, 3.05) is 13.1 Å². The number of hydrogen-bond donors (Lipinski definition) is 2. The summed E-state index contributed by atoms with van der Waals surface area (Å²) < 4.78 is 10.8. The molecule has 0 aliphatic heterocycles. The molecule has 0 saturated carbocycles. The Hall–Kier alpha value is -2.04. The molecule has 118 valence electrons. The minimum atomic E-state index is -0.562. The van der Waals surface area contributed by atoms with Gasteiger partial charge in [0.2, 0.25) is 0 Å². The van der Waals surface area contributed by atoms with Crippen LogP contribution in [0.1, 0.15) is 31.3 Å². The Morgan fingerprint density at radius 3 is 2.86 bits per heavy atom. The van der Waals surface area contributed by atoms with Crippen molar-refractivity contribution < 1.29 is 14.3 Å². The number of aliphatic hydroxyl groups excluding tert-OH is 1. The van der Waals surface area contributed by atoms with Gasteiger partial charge in [-0.15, -0.1) is 0 Å². The van der Waals surface area contributed by atoms with Gasteiger partial charge in [0.05, 0.1) is 18.5 Å². The topological polar surface area (TPSA) is 54.6 Å². The fraction of sp³-hybridized carbons (Fsp3) is 0.333. The molecule has 2 N–H and O–H groups in total. The van der Waals surface area contributed by atoms with Crippen LogP contribution in [0.3, 0.4) is 0 Å². The van der Waals surface area contributed by atoms with Gasteiger partial charge in [-0.1, -0.05) is 18.2 Å². The van der Waals surface area contributed by atoms with Gasteiger partial charge < -0.3 is 19.6 Å². The summed E-state index contributed by atoms with van der Waals surface area (Å²) in [4.78, 5) is 0. The lowest BCUT2D eigenvalue weighted by Gasteiger charge is -2.14. The summed E-state index contributed by atoms with van der Waals surface area (Å²) in [6, 6.07) is 11.3. The Morgan fingerprint density at radius 2 is 2.14 bits per heavy atom. The van der Waals surface area contributed by atoms with E-state index in [0.29, 0.717) is 13.1 Å². The minimum absolute atomic E-state index is 0.122. The number of rotatable bonds is 8. The van der Waals surface area contributed by atoms with Crippen LogP contribution in [-0.4, -0.2) is 24.3 Å². The van der Waals surface area contributed by atoms with E-state index < -0.39 is 6.10 Å². The van der Waals surface area contributed by atoms with E-state index in [0.717, 1.165) is 17.1 Å². The van der Waals surface area contributed by atoms with Crippen molar-refractivity contribution in [2.45, 2.75) is 26.1 Å². The van der Waals surface area contributed by atoms with Crippen LogP contribution in [0.2, 0.25) is 0 Å². The molecule has 0 saturated heterocycles. The predicted octanol–water partition coefficient (Wildman–Crippen LogP) is 3.40. The number of furan rings is 1. The maximum absolute atomic E-state index is 10.2. The molecular weight excluding hydrogens is 278 g/mol. The summed E-state index contributed by atoms with van der Waals surface area (Å²) in [5.41, 5.74) is 0.848. The second-order valence-electron chi connectivity index (χ2n) is 5.33. The fourth-order valence-electron chi connectivity index (χ4n) is 2.05. The quantitative estimate of drug-likeness (QED) is 0.734. The van der Waals surface area contributed by atoms with Crippen molar-refractivity contribution in [3.8, 4) is 5.75 Å². The number of ether oxygens (including phenoxy) is 1. The molecule has 1 aromatic carbocycles. The van der Waals surface area contributed by atoms with Crippen LogP contribution in [-0.2, 0) is 0 Å². The van der Waals surface area contributed by atoms with Crippen LogP contribution in [0.25, 0.3) is 6.08 Å². The summed E-state index contributed by atoms with van der Waals surface area (Å²) >= 11 is 0. The van der Waals surface area contributed by atoms with Crippen LogP contribution >= 0.6 is 0 Å². The fourth-order valence-corrected chi connectivity index (χ4v) is 2.05. The zero-order valence-corrected chi connectivity index (χ0v) is 13.0. The molecule has 2 aromatic rings. The third-order valence-electron chi connectivity index (χ3n) is 3.04. The molecule has 1 atom stereocenters. The summed E-state index contributed by atoms with van der Waals surface area (Å²) in [6.45, 7) is 5.11.